The van der Waals surface area contributed by atoms with Gasteiger partial charge in [0.1, 0.15) is 10.8 Å². The summed E-state index contributed by atoms with van der Waals surface area (Å²) >= 11 is 1.37. The first-order chi connectivity index (χ1) is 9.72. The van der Waals surface area contributed by atoms with Crippen LogP contribution in [0.15, 0.2) is 24.5 Å². The van der Waals surface area contributed by atoms with E-state index in [2.05, 4.69) is 14.7 Å². The summed E-state index contributed by atoms with van der Waals surface area (Å²) in [6.45, 7) is 3.14. The number of rotatable bonds is 7. The van der Waals surface area contributed by atoms with Crippen molar-refractivity contribution < 1.29 is 5.11 Å². The Balaban J connectivity index is 1.99. The van der Waals surface area contributed by atoms with Crippen molar-refractivity contribution >= 4 is 22.4 Å². The molecule has 0 amide bonds. The number of nitrogens with one attached hydrogen (secondary N) is 1. The molecule has 0 aliphatic heterocycles. The molecule has 0 saturated carbocycles. The average molecular weight is 292 g/mol. The molecule has 2 aromatic heterocycles. The number of hydrogen-bond acceptors (Lipinski definition) is 6. The lowest BCUT2D eigenvalue weighted by Crippen LogP contribution is -2.06. The number of pyridine rings is 1. The summed E-state index contributed by atoms with van der Waals surface area (Å²) in [7, 11) is 0. The molecule has 1 unspecified atom stereocenters. The van der Waals surface area contributed by atoms with Crippen molar-refractivity contribution in [2.24, 2.45) is 5.92 Å². The summed E-state index contributed by atoms with van der Waals surface area (Å²) in [4.78, 5) is 4.12. The first-order valence-electron chi connectivity index (χ1n) is 6.72. The van der Waals surface area contributed by atoms with E-state index in [0.29, 0.717) is 11.7 Å². The summed E-state index contributed by atoms with van der Waals surface area (Å²) in [5, 5.41) is 13.4. The van der Waals surface area contributed by atoms with Gasteiger partial charge in [0.2, 0.25) is 0 Å². The lowest BCUT2D eigenvalue weighted by atomic mass is 10.1. The zero-order valence-electron chi connectivity index (χ0n) is 11.5. The normalized spacial score (nSPS) is 12.3. The minimum Gasteiger partial charge on any atom is -0.396 e. The first-order valence-corrected chi connectivity index (χ1v) is 7.50. The van der Waals surface area contributed by atoms with Crippen LogP contribution in [0.1, 0.15) is 19.8 Å². The van der Waals surface area contributed by atoms with Crippen LogP contribution in [0, 0.1) is 5.92 Å². The minimum absolute atomic E-state index is 0.244. The second-order valence-corrected chi connectivity index (χ2v) is 5.64. The van der Waals surface area contributed by atoms with Crippen LogP contribution in [0.4, 0.5) is 10.8 Å². The summed E-state index contributed by atoms with van der Waals surface area (Å²) in [5.41, 5.74) is 7.85. The molecular weight excluding hydrogens is 272 g/mol. The molecule has 0 fully saturated rings. The van der Waals surface area contributed by atoms with Gasteiger partial charge in [-0.05, 0) is 36.4 Å². The van der Waals surface area contributed by atoms with Gasteiger partial charge in [0.15, 0.2) is 0 Å². The predicted octanol–water partition coefficient (Wildman–Crippen LogP) is 2.61. The third-order valence-electron chi connectivity index (χ3n) is 3.14. The van der Waals surface area contributed by atoms with Crippen molar-refractivity contribution in [2.45, 2.75) is 19.8 Å². The Bertz CT molecular complexity index is 529. The molecule has 0 aliphatic rings. The van der Waals surface area contributed by atoms with E-state index >= 15 is 0 Å². The fourth-order valence-corrected chi connectivity index (χ4v) is 2.72. The Labute approximate surface area is 123 Å². The van der Waals surface area contributed by atoms with Crippen molar-refractivity contribution in [1.29, 1.82) is 0 Å². The van der Waals surface area contributed by atoms with E-state index in [-0.39, 0.29) is 6.61 Å². The monoisotopic (exact) mass is 292 g/mol. The van der Waals surface area contributed by atoms with Crippen LogP contribution in [-0.4, -0.2) is 27.6 Å². The molecule has 2 heterocycles. The Kier molecular flexibility index (Phi) is 5.31. The maximum absolute atomic E-state index is 9.00. The highest BCUT2D eigenvalue weighted by Gasteiger charge is 2.13. The molecular formula is C14H20N4OS. The number of nitrogens with two attached hydrogens (primary N) is 1. The third kappa shape index (κ3) is 3.68. The Hall–Kier alpha value is -1.66. The highest BCUT2D eigenvalue weighted by Crippen LogP contribution is 2.36. The van der Waals surface area contributed by atoms with Gasteiger partial charge in [-0.1, -0.05) is 13.0 Å². The Morgan fingerprint density at radius 1 is 1.50 bits per heavy atom. The van der Waals surface area contributed by atoms with Gasteiger partial charge >= 0.3 is 0 Å². The van der Waals surface area contributed by atoms with Gasteiger partial charge in [-0.2, -0.15) is 4.37 Å². The number of aliphatic hydroxyl groups is 1. The zero-order valence-corrected chi connectivity index (χ0v) is 12.4. The van der Waals surface area contributed by atoms with Crippen LogP contribution in [0.5, 0.6) is 0 Å². The number of anilines is 2. The van der Waals surface area contributed by atoms with Gasteiger partial charge in [0.25, 0.3) is 0 Å². The van der Waals surface area contributed by atoms with Gasteiger partial charge in [-0.25, -0.2) is 0 Å². The summed E-state index contributed by atoms with van der Waals surface area (Å²) in [6.07, 6.45) is 5.54. The van der Waals surface area contributed by atoms with Crippen LogP contribution in [0.25, 0.3) is 11.1 Å². The summed E-state index contributed by atoms with van der Waals surface area (Å²) < 4.78 is 4.21. The standard InChI is InChI=1S/C14H20N4OS/c1-10(9-19)4-2-7-17-14-12(13(15)18-20-14)11-5-3-6-16-8-11/h3,5-6,8,10,17,19H,2,4,7,9H2,1H3,(H2,15,18). The van der Waals surface area contributed by atoms with Gasteiger partial charge in [-0.3, -0.25) is 4.98 Å². The number of aromatic nitrogens is 2. The second kappa shape index (κ2) is 7.21. The van der Waals surface area contributed by atoms with Crippen LogP contribution in [0.3, 0.4) is 0 Å². The highest BCUT2D eigenvalue weighted by atomic mass is 32.1. The molecule has 4 N–H and O–H groups in total. The summed E-state index contributed by atoms with van der Waals surface area (Å²) in [6, 6.07) is 3.87. The number of nitrogen functional groups attached to an aromatic ring is 1. The molecule has 0 aromatic carbocycles. The third-order valence-corrected chi connectivity index (χ3v) is 3.96. The van der Waals surface area contributed by atoms with Crippen LogP contribution < -0.4 is 11.1 Å². The van der Waals surface area contributed by atoms with Gasteiger partial charge < -0.3 is 16.2 Å². The lowest BCUT2D eigenvalue weighted by Gasteiger charge is -2.09. The van der Waals surface area contributed by atoms with E-state index in [9.17, 15) is 0 Å². The van der Waals surface area contributed by atoms with Crippen molar-refractivity contribution in [3.05, 3.63) is 24.5 Å². The number of hydrogen-bond donors (Lipinski definition) is 3. The molecule has 20 heavy (non-hydrogen) atoms. The van der Waals surface area contributed by atoms with E-state index in [1.807, 2.05) is 19.1 Å². The molecule has 0 radical (unpaired) electrons. The minimum atomic E-state index is 0.244. The Morgan fingerprint density at radius 3 is 3.05 bits per heavy atom. The number of nitrogens with zero attached hydrogens (tertiary/aromatic N) is 2. The van der Waals surface area contributed by atoms with E-state index in [1.54, 1.807) is 12.4 Å². The van der Waals surface area contributed by atoms with Crippen molar-refractivity contribution in [2.75, 3.05) is 24.2 Å². The summed E-state index contributed by atoms with van der Waals surface area (Å²) in [5.74, 6) is 0.885. The van der Waals surface area contributed by atoms with Crippen LogP contribution >= 0.6 is 11.5 Å². The zero-order chi connectivity index (χ0) is 14.4. The maximum Gasteiger partial charge on any atom is 0.147 e. The fourth-order valence-electron chi connectivity index (χ4n) is 1.96. The van der Waals surface area contributed by atoms with E-state index in [4.69, 9.17) is 10.8 Å². The molecule has 2 aromatic rings. The van der Waals surface area contributed by atoms with Crippen LogP contribution in [0.2, 0.25) is 0 Å². The topological polar surface area (TPSA) is 84.1 Å². The van der Waals surface area contributed by atoms with E-state index in [1.165, 1.54) is 11.5 Å². The van der Waals surface area contributed by atoms with Crippen molar-refractivity contribution in [3.63, 3.8) is 0 Å². The van der Waals surface area contributed by atoms with Gasteiger partial charge in [0.05, 0.1) is 5.56 Å². The molecule has 108 valence electrons. The predicted molar refractivity (Wildman–Crippen MR) is 83.7 cm³/mol. The van der Waals surface area contributed by atoms with E-state index in [0.717, 1.165) is 35.5 Å². The lowest BCUT2D eigenvalue weighted by molar-refractivity contribution is 0.229. The molecule has 1 atom stereocenters. The fraction of sp³-hybridized carbons (Fsp3) is 0.429. The molecule has 0 aliphatic carbocycles. The quantitative estimate of drug-likeness (QED) is 0.683. The number of aliphatic hydroxyl groups excluding tert-OH is 1. The molecule has 0 bridgehead atoms. The highest BCUT2D eigenvalue weighted by molar-refractivity contribution is 7.11. The molecule has 0 spiro atoms. The second-order valence-electron chi connectivity index (χ2n) is 4.87. The Morgan fingerprint density at radius 2 is 2.35 bits per heavy atom. The van der Waals surface area contributed by atoms with Crippen LogP contribution in [-0.2, 0) is 0 Å². The smallest absolute Gasteiger partial charge is 0.147 e. The molecule has 6 heteroatoms. The first kappa shape index (κ1) is 14.7. The van der Waals surface area contributed by atoms with Gasteiger partial charge in [-0.15, -0.1) is 0 Å². The maximum atomic E-state index is 9.00. The molecule has 5 nitrogen and oxygen atoms in total. The van der Waals surface area contributed by atoms with E-state index < -0.39 is 0 Å². The van der Waals surface area contributed by atoms with Crippen molar-refractivity contribution in [1.82, 2.24) is 9.36 Å². The van der Waals surface area contributed by atoms with Crippen molar-refractivity contribution in [3.8, 4) is 11.1 Å². The average Bonchev–Trinajstić information content (AvgIpc) is 2.85. The SMILES string of the molecule is CC(CO)CCCNc1snc(N)c1-c1cccnc1. The molecule has 2 rings (SSSR count). The molecule has 0 saturated heterocycles. The largest absolute Gasteiger partial charge is 0.396 e. The van der Waals surface area contributed by atoms with Gasteiger partial charge in [0, 0.05) is 31.1 Å².